The number of carbonyl (C=O) groups excluding carboxylic acids is 3. The molecule has 0 aromatic carbocycles. The number of hydrogen-bond donors (Lipinski definition) is 0. The van der Waals surface area contributed by atoms with E-state index in [1.54, 1.807) is 0 Å². The molecule has 0 heterocycles. The minimum Gasteiger partial charge on any atom is -0.462 e. The van der Waals surface area contributed by atoms with Gasteiger partial charge in [0.15, 0.2) is 6.10 Å². The van der Waals surface area contributed by atoms with Gasteiger partial charge in [-0.15, -0.1) is 0 Å². The molecule has 1 atom stereocenters. The third kappa shape index (κ3) is 51.6. The molecule has 0 aliphatic heterocycles. The van der Waals surface area contributed by atoms with E-state index in [2.05, 4.69) is 106 Å². The Kier molecular flexibility index (Phi) is 51.4. The van der Waals surface area contributed by atoms with Crippen LogP contribution < -0.4 is 0 Å². The van der Waals surface area contributed by atoms with Crippen molar-refractivity contribution in [3.63, 3.8) is 0 Å². The number of carbonyl (C=O) groups is 3. The van der Waals surface area contributed by atoms with Gasteiger partial charge >= 0.3 is 17.9 Å². The molecule has 0 saturated heterocycles. The lowest BCUT2D eigenvalue weighted by Crippen LogP contribution is -2.30. The van der Waals surface area contributed by atoms with Crippen LogP contribution in [0.2, 0.25) is 0 Å². The number of rotatable bonds is 49. The van der Waals surface area contributed by atoms with Crippen molar-refractivity contribution >= 4 is 17.9 Å². The SMILES string of the molecule is CC/C=C/C/C=C/C/C=C/C/C=C/C/C=C/CCCC(=O)OC[C@@H](COC(=O)CCCCCCC/C=C/C/C=C/CCCCC)OC(=O)CCCCCCCCCCCCCCCCCC. The lowest BCUT2D eigenvalue weighted by molar-refractivity contribution is -0.167. The molecule has 0 fully saturated rings. The van der Waals surface area contributed by atoms with Crippen LogP contribution in [0.25, 0.3) is 0 Å². The lowest BCUT2D eigenvalue weighted by Gasteiger charge is -2.18. The maximum absolute atomic E-state index is 12.8. The molecular formula is C60H102O6. The van der Waals surface area contributed by atoms with Crippen molar-refractivity contribution in [3.8, 4) is 0 Å². The Balaban J connectivity index is 4.48. The van der Waals surface area contributed by atoms with Crippen LogP contribution in [0, 0.1) is 0 Å². The molecule has 6 nitrogen and oxygen atoms in total. The highest BCUT2D eigenvalue weighted by atomic mass is 16.6. The summed E-state index contributed by atoms with van der Waals surface area (Å²) in [5.74, 6) is -0.967. The van der Waals surface area contributed by atoms with Crippen molar-refractivity contribution in [2.24, 2.45) is 0 Å². The average Bonchev–Trinajstić information content (AvgIpc) is 3.31. The van der Waals surface area contributed by atoms with Crippen LogP contribution in [0.4, 0.5) is 0 Å². The molecule has 66 heavy (non-hydrogen) atoms. The average molecular weight is 919 g/mol. The summed E-state index contributed by atoms with van der Waals surface area (Å²) in [5, 5.41) is 0. The maximum atomic E-state index is 12.8. The molecule has 0 aliphatic carbocycles. The molecule has 0 amide bonds. The van der Waals surface area contributed by atoms with E-state index in [1.807, 2.05) is 0 Å². The zero-order valence-corrected chi connectivity index (χ0v) is 43.2. The number of esters is 3. The second-order valence-corrected chi connectivity index (χ2v) is 18.1. The van der Waals surface area contributed by atoms with Crippen LogP contribution in [-0.4, -0.2) is 37.2 Å². The van der Waals surface area contributed by atoms with Gasteiger partial charge in [0.1, 0.15) is 13.2 Å². The molecule has 0 saturated carbocycles. The van der Waals surface area contributed by atoms with Crippen LogP contribution in [0.5, 0.6) is 0 Å². The lowest BCUT2D eigenvalue weighted by atomic mass is 10.0. The molecule has 6 heteroatoms. The standard InChI is InChI=1S/C60H102O6/c1-4-7-10-13-16-19-22-25-28-30-33-35-38-41-44-47-50-53-59(62)65-56-57(55-64-58(61)52-49-46-43-40-37-34-31-27-24-21-18-15-12-9-6-3)66-60(63)54-51-48-45-42-39-36-32-29-26-23-20-17-14-11-8-5-2/h7,10,16,18-19,21,25,27-28,31,33,35,41,44,57H,4-6,8-9,11-15,17,20,22-24,26,29-30,32,34,36-40,42-43,45-56H2,1-3H3/b10-7+,19-16+,21-18+,28-25+,31-27+,35-33+,44-41+/t57-/m1/s1. The van der Waals surface area contributed by atoms with E-state index in [-0.39, 0.29) is 37.5 Å². The molecule has 0 N–H and O–H groups in total. The van der Waals surface area contributed by atoms with Crippen molar-refractivity contribution in [2.45, 2.75) is 264 Å². The van der Waals surface area contributed by atoms with E-state index >= 15 is 0 Å². The molecule has 0 aromatic rings. The van der Waals surface area contributed by atoms with Gasteiger partial charge in [-0.25, -0.2) is 0 Å². The van der Waals surface area contributed by atoms with Crippen molar-refractivity contribution in [2.75, 3.05) is 13.2 Å². The molecule has 0 aromatic heterocycles. The van der Waals surface area contributed by atoms with E-state index in [9.17, 15) is 14.4 Å². The van der Waals surface area contributed by atoms with Gasteiger partial charge in [0.05, 0.1) is 0 Å². The number of ether oxygens (including phenoxy) is 3. The van der Waals surface area contributed by atoms with Gasteiger partial charge < -0.3 is 14.2 Å². The monoisotopic (exact) mass is 919 g/mol. The summed E-state index contributed by atoms with van der Waals surface area (Å²) in [6.45, 7) is 6.45. The highest BCUT2D eigenvalue weighted by Crippen LogP contribution is 2.15. The van der Waals surface area contributed by atoms with Crippen LogP contribution in [0.1, 0.15) is 258 Å². The summed E-state index contributed by atoms with van der Waals surface area (Å²) in [7, 11) is 0. The summed E-state index contributed by atoms with van der Waals surface area (Å²) in [4.78, 5) is 38.1. The zero-order chi connectivity index (χ0) is 47.9. The van der Waals surface area contributed by atoms with Crippen molar-refractivity contribution in [3.05, 3.63) is 85.1 Å². The van der Waals surface area contributed by atoms with Gasteiger partial charge in [-0.2, -0.15) is 0 Å². The number of unbranched alkanes of at least 4 members (excludes halogenated alkanes) is 24. The number of allylic oxidation sites excluding steroid dienone is 14. The first kappa shape index (κ1) is 62.6. The van der Waals surface area contributed by atoms with Crippen molar-refractivity contribution in [1.82, 2.24) is 0 Å². The van der Waals surface area contributed by atoms with E-state index < -0.39 is 6.10 Å². The number of hydrogen-bond acceptors (Lipinski definition) is 6. The van der Waals surface area contributed by atoms with Crippen molar-refractivity contribution < 1.29 is 28.6 Å². The van der Waals surface area contributed by atoms with E-state index in [0.29, 0.717) is 19.3 Å². The highest BCUT2D eigenvalue weighted by molar-refractivity contribution is 5.71. The van der Waals surface area contributed by atoms with Gasteiger partial charge in [0.2, 0.25) is 0 Å². The fourth-order valence-electron chi connectivity index (χ4n) is 7.51. The largest absolute Gasteiger partial charge is 0.462 e. The van der Waals surface area contributed by atoms with Crippen LogP contribution in [-0.2, 0) is 28.6 Å². The first-order chi connectivity index (χ1) is 32.5. The van der Waals surface area contributed by atoms with Gasteiger partial charge in [0, 0.05) is 19.3 Å². The van der Waals surface area contributed by atoms with Crippen LogP contribution in [0.15, 0.2) is 85.1 Å². The first-order valence-electron chi connectivity index (χ1n) is 27.6. The van der Waals surface area contributed by atoms with Gasteiger partial charge in [-0.3, -0.25) is 14.4 Å². The normalized spacial score (nSPS) is 12.7. The van der Waals surface area contributed by atoms with Gasteiger partial charge in [-0.05, 0) is 89.9 Å². The Morgan fingerprint density at radius 3 is 1.02 bits per heavy atom. The van der Waals surface area contributed by atoms with E-state index in [0.717, 1.165) is 103 Å². The molecule has 0 spiro atoms. The van der Waals surface area contributed by atoms with Crippen molar-refractivity contribution in [1.29, 1.82) is 0 Å². The Morgan fingerprint density at radius 2 is 0.606 bits per heavy atom. The molecule has 0 rings (SSSR count). The molecule has 0 aliphatic rings. The fraction of sp³-hybridized carbons (Fsp3) is 0.717. The Morgan fingerprint density at radius 1 is 0.318 bits per heavy atom. The Bertz CT molecular complexity index is 1290. The summed E-state index contributed by atoms with van der Waals surface area (Å²) < 4.78 is 16.8. The predicted molar refractivity (Wildman–Crippen MR) is 284 cm³/mol. The minimum atomic E-state index is -0.804. The molecule has 0 unspecified atom stereocenters. The third-order valence-corrected chi connectivity index (χ3v) is 11.6. The highest BCUT2D eigenvalue weighted by Gasteiger charge is 2.19. The Labute approximate surface area is 407 Å². The van der Waals surface area contributed by atoms with Gasteiger partial charge in [0.25, 0.3) is 0 Å². The second kappa shape index (κ2) is 54.2. The zero-order valence-electron chi connectivity index (χ0n) is 43.2. The molecule has 0 bridgehead atoms. The van der Waals surface area contributed by atoms with Crippen LogP contribution in [0.3, 0.4) is 0 Å². The van der Waals surface area contributed by atoms with E-state index in [4.69, 9.17) is 14.2 Å². The second-order valence-electron chi connectivity index (χ2n) is 18.1. The maximum Gasteiger partial charge on any atom is 0.306 e. The fourth-order valence-corrected chi connectivity index (χ4v) is 7.51. The predicted octanol–water partition coefficient (Wildman–Crippen LogP) is 18.4. The molecule has 378 valence electrons. The summed E-state index contributed by atoms with van der Waals surface area (Å²) in [6, 6.07) is 0. The summed E-state index contributed by atoms with van der Waals surface area (Å²) >= 11 is 0. The Hall–Kier alpha value is -3.41. The smallest absolute Gasteiger partial charge is 0.306 e. The van der Waals surface area contributed by atoms with Crippen LogP contribution >= 0.6 is 0 Å². The quantitative estimate of drug-likeness (QED) is 0.0262. The van der Waals surface area contributed by atoms with E-state index in [1.165, 1.54) is 109 Å². The molecular weight excluding hydrogens is 817 g/mol. The minimum absolute atomic E-state index is 0.100. The summed E-state index contributed by atoms with van der Waals surface area (Å²) in [5.41, 5.74) is 0. The summed E-state index contributed by atoms with van der Waals surface area (Å²) in [6.07, 6.45) is 70.0. The first-order valence-corrected chi connectivity index (χ1v) is 27.6. The third-order valence-electron chi connectivity index (χ3n) is 11.6. The molecule has 0 radical (unpaired) electrons. The van der Waals surface area contributed by atoms with Gasteiger partial charge in [-0.1, -0.05) is 234 Å². The topological polar surface area (TPSA) is 78.9 Å².